The van der Waals surface area contributed by atoms with Gasteiger partial charge in [-0.2, -0.15) is 5.26 Å². The standard InChI is InChI=1S/C15H12ClN7S/c1-8-3-4-9(13-18-7-19-23-13)5-11(8)20-14-10(6-17)12(16)21-15(22-14)24-2/h3-5,7H,1-2H3,(H,18,19,23)(H,20,21,22). The monoisotopic (exact) mass is 357 g/mol. The van der Waals surface area contributed by atoms with E-state index < -0.39 is 0 Å². The predicted octanol–water partition coefficient (Wildman–Crippen LogP) is 3.56. The summed E-state index contributed by atoms with van der Waals surface area (Å²) < 4.78 is 0. The normalized spacial score (nSPS) is 10.4. The summed E-state index contributed by atoms with van der Waals surface area (Å²) in [6, 6.07) is 7.83. The number of benzene rings is 1. The zero-order valence-electron chi connectivity index (χ0n) is 12.8. The molecular weight excluding hydrogens is 346 g/mol. The molecule has 0 aliphatic carbocycles. The molecule has 3 rings (SSSR count). The molecule has 7 nitrogen and oxygen atoms in total. The van der Waals surface area contributed by atoms with Crippen LogP contribution in [0, 0.1) is 18.3 Å². The van der Waals surface area contributed by atoms with Crippen LogP contribution in [0.15, 0.2) is 29.7 Å². The van der Waals surface area contributed by atoms with Crippen LogP contribution in [-0.4, -0.2) is 31.4 Å². The molecule has 0 saturated carbocycles. The van der Waals surface area contributed by atoms with Crippen molar-refractivity contribution < 1.29 is 0 Å². The summed E-state index contributed by atoms with van der Waals surface area (Å²) in [7, 11) is 0. The lowest BCUT2D eigenvalue weighted by molar-refractivity contribution is 0.969. The highest BCUT2D eigenvalue weighted by Crippen LogP contribution is 2.29. The smallest absolute Gasteiger partial charge is 0.190 e. The summed E-state index contributed by atoms with van der Waals surface area (Å²) in [5.41, 5.74) is 2.85. The van der Waals surface area contributed by atoms with E-state index in [1.807, 2.05) is 37.4 Å². The van der Waals surface area contributed by atoms with Gasteiger partial charge in [0.15, 0.2) is 22.0 Å². The topological polar surface area (TPSA) is 103 Å². The van der Waals surface area contributed by atoms with Gasteiger partial charge < -0.3 is 10.3 Å². The number of anilines is 2. The third-order valence-electron chi connectivity index (χ3n) is 3.32. The molecule has 0 atom stereocenters. The van der Waals surface area contributed by atoms with E-state index in [1.165, 1.54) is 18.1 Å². The van der Waals surface area contributed by atoms with Gasteiger partial charge >= 0.3 is 0 Å². The molecule has 0 aliphatic heterocycles. The molecule has 2 heterocycles. The highest BCUT2D eigenvalue weighted by molar-refractivity contribution is 7.98. The Hall–Kier alpha value is -2.63. The molecule has 2 N–H and O–H groups in total. The number of halogens is 1. The lowest BCUT2D eigenvalue weighted by Crippen LogP contribution is -2.02. The first-order valence-corrected chi connectivity index (χ1v) is 8.48. The minimum Gasteiger partial charge on any atom is -0.339 e. The van der Waals surface area contributed by atoms with Crippen molar-refractivity contribution in [2.24, 2.45) is 0 Å². The summed E-state index contributed by atoms with van der Waals surface area (Å²) in [6.45, 7) is 1.96. The van der Waals surface area contributed by atoms with Crippen molar-refractivity contribution in [2.45, 2.75) is 12.1 Å². The van der Waals surface area contributed by atoms with Crippen LogP contribution in [-0.2, 0) is 0 Å². The molecule has 0 fully saturated rings. The average Bonchev–Trinajstić information content (AvgIpc) is 3.11. The SMILES string of the molecule is CSc1nc(Cl)c(C#N)c(Nc2cc(-c3nnc[nH]3)ccc2C)n1. The van der Waals surface area contributed by atoms with Gasteiger partial charge in [0.2, 0.25) is 0 Å². The van der Waals surface area contributed by atoms with Gasteiger partial charge in [0, 0.05) is 11.3 Å². The average molecular weight is 358 g/mol. The van der Waals surface area contributed by atoms with Crippen molar-refractivity contribution in [3.8, 4) is 17.5 Å². The minimum absolute atomic E-state index is 0.128. The van der Waals surface area contributed by atoms with Crippen LogP contribution in [0.2, 0.25) is 5.15 Å². The number of aryl methyl sites for hydroxylation is 1. The fourth-order valence-corrected chi connectivity index (χ4v) is 2.70. The van der Waals surface area contributed by atoms with E-state index in [1.54, 1.807) is 0 Å². The molecule has 24 heavy (non-hydrogen) atoms. The zero-order chi connectivity index (χ0) is 17.1. The van der Waals surface area contributed by atoms with Crippen molar-refractivity contribution in [2.75, 3.05) is 11.6 Å². The fraction of sp³-hybridized carbons (Fsp3) is 0.133. The maximum atomic E-state index is 9.33. The lowest BCUT2D eigenvalue weighted by atomic mass is 10.1. The summed E-state index contributed by atoms with van der Waals surface area (Å²) >= 11 is 7.43. The maximum Gasteiger partial charge on any atom is 0.190 e. The predicted molar refractivity (Wildman–Crippen MR) is 93.4 cm³/mol. The molecule has 0 saturated heterocycles. The van der Waals surface area contributed by atoms with Crippen LogP contribution >= 0.6 is 23.4 Å². The van der Waals surface area contributed by atoms with Crippen LogP contribution in [0.25, 0.3) is 11.4 Å². The quantitative estimate of drug-likeness (QED) is 0.418. The van der Waals surface area contributed by atoms with Crippen molar-refractivity contribution in [1.29, 1.82) is 5.26 Å². The second-order valence-corrected chi connectivity index (χ2v) is 5.96. The Labute approximate surface area is 147 Å². The van der Waals surface area contributed by atoms with E-state index in [2.05, 4.69) is 30.5 Å². The number of hydrogen-bond donors (Lipinski definition) is 2. The number of aromatic nitrogens is 5. The largest absolute Gasteiger partial charge is 0.339 e. The maximum absolute atomic E-state index is 9.33. The number of nitrogens with zero attached hydrogens (tertiary/aromatic N) is 5. The Balaban J connectivity index is 2.04. The number of thioether (sulfide) groups is 1. The van der Waals surface area contributed by atoms with Gasteiger partial charge in [0.05, 0.1) is 0 Å². The highest BCUT2D eigenvalue weighted by atomic mass is 35.5. The van der Waals surface area contributed by atoms with Gasteiger partial charge in [0.1, 0.15) is 18.0 Å². The second-order valence-electron chi connectivity index (χ2n) is 4.83. The lowest BCUT2D eigenvalue weighted by Gasteiger charge is -2.12. The van der Waals surface area contributed by atoms with Crippen molar-refractivity contribution in [3.63, 3.8) is 0 Å². The third-order valence-corrected chi connectivity index (χ3v) is 4.14. The first-order valence-electron chi connectivity index (χ1n) is 6.88. The molecule has 0 bridgehead atoms. The van der Waals surface area contributed by atoms with E-state index in [9.17, 15) is 5.26 Å². The Bertz CT molecular complexity index is 918. The number of nitriles is 1. The first kappa shape index (κ1) is 16.2. The number of nitrogens with one attached hydrogen (secondary N) is 2. The van der Waals surface area contributed by atoms with E-state index in [0.717, 1.165) is 16.8 Å². The van der Waals surface area contributed by atoms with Crippen molar-refractivity contribution >= 4 is 34.9 Å². The molecule has 0 amide bonds. The van der Waals surface area contributed by atoms with Crippen LogP contribution in [0.3, 0.4) is 0 Å². The molecule has 1 aromatic carbocycles. The van der Waals surface area contributed by atoms with Gasteiger partial charge in [-0.3, -0.25) is 0 Å². The highest BCUT2D eigenvalue weighted by Gasteiger charge is 2.14. The van der Waals surface area contributed by atoms with Crippen LogP contribution in [0.4, 0.5) is 11.5 Å². The fourth-order valence-electron chi connectivity index (χ4n) is 2.07. The number of rotatable bonds is 4. The second kappa shape index (κ2) is 6.86. The number of hydrogen-bond acceptors (Lipinski definition) is 7. The zero-order valence-corrected chi connectivity index (χ0v) is 14.4. The van der Waals surface area contributed by atoms with E-state index in [4.69, 9.17) is 11.6 Å². The molecule has 3 aromatic rings. The molecule has 0 radical (unpaired) electrons. The minimum atomic E-state index is 0.128. The summed E-state index contributed by atoms with van der Waals surface area (Å²) in [6.07, 6.45) is 3.36. The molecule has 9 heteroatoms. The summed E-state index contributed by atoms with van der Waals surface area (Å²) in [5.74, 6) is 1.03. The molecule has 2 aromatic heterocycles. The van der Waals surface area contributed by atoms with Crippen LogP contribution in [0.1, 0.15) is 11.1 Å². The Morgan fingerprint density at radius 2 is 2.17 bits per heavy atom. The molecule has 0 aliphatic rings. The third kappa shape index (κ3) is 3.18. The number of H-pyrrole nitrogens is 1. The Morgan fingerprint density at radius 1 is 1.33 bits per heavy atom. The van der Waals surface area contributed by atoms with Gasteiger partial charge in [-0.1, -0.05) is 35.5 Å². The van der Waals surface area contributed by atoms with Gasteiger partial charge in [0.25, 0.3) is 0 Å². The van der Waals surface area contributed by atoms with E-state index in [-0.39, 0.29) is 10.7 Å². The molecular formula is C15H12ClN7S. The van der Waals surface area contributed by atoms with Gasteiger partial charge in [-0.05, 0) is 24.8 Å². The molecule has 120 valence electrons. The van der Waals surface area contributed by atoms with Crippen molar-refractivity contribution in [3.05, 3.63) is 40.8 Å². The summed E-state index contributed by atoms with van der Waals surface area (Å²) in [4.78, 5) is 11.4. The van der Waals surface area contributed by atoms with Crippen LogP contribution < -0.4 is 5.32 Å². The van der Waals surface area contributed by atoms with Crippen LogP contribution in [0.5, 0.6) is 0 Å². The number of aromatic amines is 1. The first-order chi connectivity index (χ1) is 11.6. The summed E-state index contributed by atoms with van der Waals surface area (Å²) in [5, 5.41) is 20.9. The van der Waals surface area contributed by atoms with Crippen molar-refractivity contribution in [1.82, 2.24) is 25.1 Å². The van der Waals surface area contributed by atoms with Gasteiger partial charge in [-0.15, -0.1) is 10.2 Å². The van der Waals surface area contributed by atoms with E-state index in [0.29, 0.717) is 16.8 Å². The molecule has 0 spiro atoms. The molecule has 0 unspecified atom stereocenters. The Morgan fingerprint density at radius 3 is 2.83 bits per heavy atom. The van der Waals surface area contributed by atoms with E-state index >= 15 is 0 Å². The Kier molecular flexibility index (Phi) is 4.64. The van der Waals surface area contributed by atoms with Gasteiger partial charge in [-0.25, -0.2) is 9.97 Å².